The first kappa shape index (κ1) is 13.8. The molecule has 3 rings (SSSR count). The van der Waals surface area contributed by atoms with Crippen LogP contribution in [0, 0.1) is 0 Å². The van der Waals surface area contributed by atoms with Crippen LogP contribution in [0.15, 0.2) is 18.2 Å². The Balaban J connectivity index is 1.78. The molecule has 0 amide bonds. The van der Waals surface area contributed by atoms with E-state index in [1.807, 2.05) is 11.3 Å². The number of hydrogen-bond acceptors (Lipinski definition) is 5. The molecule has 1 aliphatic heterocycles. The predicted octanol–water partition coefficient (Wildman–Crippen LogP) is 1.94. The fraction of sp³-hybridized carbons (Fsp3) is 0.533. The highest BCUT2D eigenvalue weighted by Gasteiger charge is 2.19. The summed E-state index contributed by atoms with van der Waals surface area (Å²) in [6.07, 6.45) is 1.07. The van der Waals surface area contributed by atoms with Gasteiger partial charge in [0.05, 0.1) is 10.2 Å². The summed E-state index contributed by atoms with van der Waals surface area (Å²) in [6, 6.07) is 6.45. The second-order valence-electron chi connectivity index (χ2n) is 5.23. The molecule has 0 saturated carbocycles. The molecule has 4 nitrogen and oxygen atoms in total. The van der Waals surface area contributed by atoms with E-state index in [1.54, 1.807) is 0 Å². The molecular formula is C15H22N4S. The molecule has 1 aromatic heterocycles. The molecule has 0 atom stereocenters. The number of aromatic nitrogens is 1. The second-order valence-corrected chi connectivity index (χ2v) is 6.21. The van der Waals surface area contributed by atoms with E-state index in [2.05, 4.69) is 34.9 Å². The van der Waals surface area contributed by atoms with E-state index in [0.717, 1.165) is 51.2 Å². The van der Waals surface area contributed by atoms with Crippen LogP contribution in [-0.2, 0) is 6.42 Å². The number of hydrogen-bond donors (Lipinski definition) is 1. The lowest BCUT2D eigenvalue weighted by molar-refractivity contribution is 0.265. The number of thiazole rings is 1. The van der Waals surface area contributed by atoms with Crippen molar-refractivity contribution in [2.75, 3.05) is 44.2 Å². The lowest BCUT2D eigenvalue weighted by atomic mass is 10.2. The van der Waals surface area contributed by atoms with Gasteiger partial charge in [-0.3, -0.25) is 4.90 Å². The number of nitrogens with two attached hydrogens (primary N) is 1. The van der Waals surface area contributed by atoms with E-state index >= 15 is 0 Å². The summed E-state index contributed by atoms with van der Waals surface area (Å²) in [5.74, 6) is 0. The van der Waals surface area contributed by atoms with Gasteiger partial charge in [0.25, 0.3) is 0 Å². The summed E-state index contributed by atoms with van der Waals surface area (Å²) >= 11 is 1.84. The molecule has 2 heterocycles. The van der Waals surface area contributed by atoms with Crippen LogP contribution >= 0.6 is 11.3 Å². The SMILES string of the molecule is CCc1cccc2nc(N3CCN(CCN)CC3)sc12. The average Bonchev–Trinajstić information content (AvgIpc) is 2.92. The van der Waals surface area contributed by atoms with Gasteiger partial charge in [0, 0.05) is 39.3 Å². The van der Waals surface area contributed by atoms with Gasteiger partial charge in [-0.15, -0.1) is 0 Å². The Kier molecular flexibility index (Phi) is 4.19. The van der Waals surface area contributed by atoms with Gasteiger partial charge < -0.3 is 10.6 Å². The molecule has 108 valence electrons. The van der Waals surface area contributed by atoms with Crippen molar-refractivity contribution in [2.24, 2.45) is 5.73 Å². The third-order valence-electron chi connectivity index (χ3n) is 3.95. The van der Waals surface area contributed by atoms with Gasteiger partial charge in [-0.2, -0.15) is 0 Å². The van der Waals surface area contributed by atoms with E-state index < -0.39 is 0 Å². The topological polar surface area (TPSA) is 45.4 Å². The quantitative estimate of drug-likeness (QED) is 0.935. The van der Waals surface area contributed by atoms with Gasteiger partial charge in [0.2, 0.25) is 0 Å². The molecular weight excluding hydrogens is 268 g/mol. The molecule has 2 N–H and O–H groups in total. The van der Waals surface area contributed by atoms with Crippen molar-refractivity contribution in [3.63, 3.8) is 0 Å². The molecule has 0 spiro atoms. The zero-order chi connectivity index (χ0) is 13.9. The maximum Gasteiger partial charge on any atom is 0.186 e. The summed E-state index contributed by atoms with van der Waals surface area (Å²) in [5, 5.41) is 1.17. The number of aryl methyl sites for hydroxylation is 1. The van der Waals surface area contributed by atoms with Gasteiger partial charge in [-0.25, -0.2) is 4.98 Å². The van der Waals surface area contributed by atoms with Crippen molar-refractivity contribution in [2.45, 2.75) is 13.3 Å². The zero-order valence-corrected chi connectivity index (χ0v) is 12.8. The molecule has 0 bridgehead atoms. The molecule has 1 fully saturated rings. The Labute approximate surface area is 124 Å². The zero-order valence-electron chi connectivity index (χ0n) is 12.0. The third-order valence-corrected chi connectivity index (χ3v) is 5.16. The number of benzene rings is 1. The number of nitrogens with zero attached hydrogens (tertiary/aromatic N) is 3. The summed E-state index contributed by atoms with van der Waals surface area (Å²) in [5.41, 5.74) is 8.18. The Morgan fingerprint density at radius 3 is 2.75 bits per heavy atom. The minimum Gasteiger partial charge on any atom is -0.345 e. The van der Waals surface area contributed by atoms with E-state index in [-0.39, 0.29) is 0 Å². The molecule has 0 radical (unpaired) electrons. The Hall–Kier alpha value is -1.17. The highest BCUT2D eigenvalue weighted by atomic mass is 32.1. The van der Waals surface area contributed by atoms with Crippen molar-refractivity contribution in [3.05, 3.63) is 23.8 Å². The van der Waals surface area contributed by atoms with Crippen LogP contribution < -0.4 is 10.6 Å². The first-order chi connectivity index (χ1) is 9.81. The van der Waals surface area contributed by atoms with E-state index in [1.165, 1.54) is 15.4 Å². The highest BCUT2D eigenvalue weighted by molar-refractivity contribution is 7.22. The second kappa shape index (κ2) is 6.08. The fourth-order valence-electron chi connectivity index (χ4n) is 2.75. The van der Waals surface area contributed by atoms with Crippen LogP contribution in [0.1, 0.15) is 12.5 Å². The number of piperazine rings is 1. The van der Waals surface area contributed by atoms with Crippen LogP contribution in [-0.4, -0.2) is 49.2 Å². The van der Waals surface area contributed by atoms with Gasteiger partial charge in [-0.1, -0.05) is 30.4 Å². The predicted molar refractivity (Wildman–Crippen MR) is 86.7 cm³/mol. The largest absolute Gasteiger partial charge is 0.345 e. The number of anilines is 1. The molecule has 1 aliphatic rings. The summed E-state index contributed by atoms with van der Waals surface area (Å²) in [6.45, 7) is 8.26. The molecule has 20 heavy (non-hydrogen) atoms. The summed E-state index contributed by atoms with van der Waals surface area (Å²) < 4.78 is 1.36. The van der Waals surface area contributed by atoms with Crippen molar-refractivity contribution in [1.29, 1.82) is 0 Å². The van der Waals surface area contributed by atoms with Crippen LogP contribution in [0.3, 0.4) is 0 Å². The Morgan fingerprint density at radius 2 is 2.05 bits per heavy atom. The van der Waals surface area contributed by atoms with Gasteiger partial charge in [0.1, 0.15) is 0 Å². The molecule has 1 saturated heterocycles. The fourth-order valence-corrected chi connectivity index (χ4v) is 3.95. The number of fused-ring (bicyclic) bond motifs is 1. The van der Waals surface area contributed by atoms with E-state index in [4.69, 9.17) is 10.7 Å². The van der Waals surface area contributed by atoms with Gasteiger partial charge >= 0.3 is 0 Å². The molecule has 5 heteroatoms. The Morgan fingerprint density at radius 1 is 1.25 bits per heavy atom. The lowest BCUT2D eigenvalue weighted by Gasteiger charge is -2.34. The van der Waals surface area contributed by atoms with Gasteiger partial charge in [0.15, 0.2) is 5.13 Å². The summed E-state index contributed by atoms with van der Waals surface area (Å²) in [7, 11) is 0. The van der Waals surface area contributed by atoms with E-state index in [9.17, 15) is 0 Å². The monoisotopic (exact) mass is 290 g/mol. The molecule has 0 aliphatic carbocycles. The normalized spacial score (nSPS) is 17.0. The smallest absolute Gasteiger partial charge is 0.186 e. The van der Waals surface area contributed by atoms with Crippen LogP contribution in [0.25, 0.3) is 10.2 Å². The number of rotatable bonds is 4. The molecule has 2 aromatic rings. The minimum atomic E-state index is 0.751. The van der Waals surface area contributed by atoms with E-state index in [0.29, 0.717) is 0 Å². The highest BCUT2D eigenvalue weighted by Crippen LogP contribution is 2.32. The van der Waals surface area contributed by atoms with Crippen molar-refractivity contribution in [3.8, 4) is 0 Å². The first-order valence-electron chi connectivity index (χ1n) is 7.37. The van der Waals surface area contributed by atoms with Crippen LogP contribution in [0.4, 0.5) is 5.13 Å². The van der Waals surface area contributed by atoms with Crippen molar-refractivity contribution >= 4 is 26.7 Å². The van der Waals surface area contributed by atoms with Crippen molar-refractivity contribution in [1.82, 2.24) is 9.88 Å². The average molecular weight is 290 g/mol. The lowest BCUT2D eigenvalue weighted by Crippen LogP contribution is -2.47. The maximum absolute atomic E-state index is 5.62. The molecule has 0 unspecified atom stereocenters. The van der Waals surface area contributed by atoms with Gasteiger partial charge in [-0.05, 0) is 18.1 Å². The Bertz CT molecular complexity index is 572. The van der Waals surface area contributed by atoms with Crippen LogP contribution in [0.2, 0.25) is 0 Å². The maximum atomic E-state index is 5.62. The standard InChI is InChI=1S/C15H22N4S/c1-2-12-4-3-5-13-14(12)20-15(17-13)19-10-8-18(7-6-16)9-11-19/h3-5H,2,6-11,16H2,1H3. The first-order valence-corrected chi connectivity index (χ1v) is 8.19. The third kappa shape index (κ3) is 2.66. The minimum absolute atomic E-state index is 0.751. The summed E-state index contributed by atoms with van der Waals surface area (Å²) in [4.78, 5) is 9.66. The molecule has 1 aromatic carbocycles. The van der Waals surface area contributed by atoms with Crippen molar-refractivity contribution < 1.29 is 0 Å². The van der Waals surface area contributed by atoms with Crippen LogP contribution in [0.5, 0.6) is 0 Å².